The molecule has 0 amide bonds. The van der Waals surface area contributed by atoms with Crippen LogP contribution in [0.5, 0.6) is 11.5 Å². The summed E-state index contributed by atoms with van der Waals surface area (Å²) >= 11 is 0. The highest BCUT2D eigenvalue weighted by Crippen LogP contribution is 2.34. The second kappa shape index (κ2) is 7.40. The summed E-state index contributed by atoms with van der Waals surface area (Å²) in [4.78, 5) is 4.29. The van der Waals surface area contributed by atoms with Gasteiger partial charge in [-0.2, -0.15) is 0 Å². The molecule has 2 heterocycles. The number of para-hydroxylation sites is 1. The van der Waals surface area contributed by atoms with Crippen LogP contribution >= 0.6 is 0 Å². The summed E-state index contributed by atoms with van der Waals surface area (Å²) in [6.45, 7) is 2.18. The summed E-state index contributed by atoms with van der Waals surface area (Å²) in [5.74, 6) is 1.16. The number of aryl methyl sites for hydroxylation is 1. The van der Waals surface area contributed by atoms with Crippen molar-refractivity contribution in [3.8, 4) is 11.5 Å². The van der Waals surface area contributed by atoms with E-state index in [-0.39, 0.29) is 17.5 Å². The smallest absolute Gasteiger partial charge is 0.263 e. The molecule has 0 atom stereocenters. The first kappa shape index (κ1) is 18.1. The molecule has 28 heavy (non-hydrogen) atoms. The van der Waals surface area contributed by atoms with Crippen molar-refractivity contribution in [1.29, 1.82) is 0 Å². The van der Waals surface area contributed by atoms with E-state index in [1.807, 2.05) is 18.2 Å². The summed E-state index contributed by atoms with van der Waals surface area (Å²) in [7, 11) is -3.79. The summed E-state index contributed by atoms with van der Waals surface area (Å²) in [5, 5.41) is 3.30. The molecule has 144 valence electrons. The van der Waals surface area contributed by atoms with Gasteiger partial charge < -0.3 is 14.8 Å². The van der Waals surface area contributed by atoms with Gasteiger partial charge in [-0.1, -0.05) is 25.1 Å². The SMILES string of the molecule is CCc1ccccc1Nc1ccc(NS(=O)(=O)c2ccc3c(c2)OCO3)nc1. The molecule has 0 saturated carbocycles. The average Bonchev–Trinajstić information content (AvgIpc) is 3.17. The highest BCUT2D eigenvalue weighted by Gasteiger charge is 2.20. The normalized spacial score (nSPS) is 12.6. The molecule has 1 aromatic heterocycles. The molecule has 2 aromatic carbocycles. The van der Waals surface area contributed by atoms with Gasteiger partial charge in [0.15, 0.2) is 11.5 Å². The zero-order valence-corrected chi connectivity index (χ0v) is 16.0. The van der Waals surface area contributed by atoms with Crippen LogP contribution in [0.1, 0.15) is 12.5 Å². The van der Waals surface area contributed by atoms with Crippen molar-refractivity contribution < 1.29 is 17.9 Å². The van der Waals surface area contributed by atoms with Crippen LogP contribution in [0.4, 0.5) is 17.2 Å². The van der Waals surface area contributed by atoms with E-state index in [9.17, 15) is 8.42 Å². The van der Waals surface area contributed by atoms with Crippen LogP contribution in [0.15, 0.2) is 65.7 Å². The number of nitrogens with one attached hydrogen (secondary N) is 2. The molecule has 0 spiro atoms. The third kappa shape index (κ3) is 3.72. The number of ether oxygens (including phenoxy) is 2. The van der Waals surface area contributed by atoms with E-state index in [1.54, 1.807) is 24.4 Å². The van der Waals surface area contributed by atoms with Gasteiger partial charge in [0.05, 0.1) is 16.8 Å². The summed E-state index contributed by atoms with van der Waals surface area (Å²) in [6.07, 6.45) is 2.49. The molecule has 7 nitrogen and oxygen atoms in total. The number of hydrogen-bond donors (Lipinski definition) is 2. The highest BCUT2D eigenvalue weighted by atomic mass is 32.2. The number of sulfonamides is 1. The summed E-state index contributed by atoms with van der Waals surface area (Å²) in [5.41, 5.74) is 2.96. The van der Waals surface area contributed by atoms with Crippen molar-refractivity contribution in [3.63, 3.8) is 0 Å². The zero-order valence-electron chi connectivity index (χ0n) is 15.2. The first-order chi connectivity index (χ1) is 13.5. The number of benzene rings is 2. The molecule has 0 radical (unpaired) electrons. The quantitative estimate of drug-likeness (QED) is 0.655. The lowest BCUT2D eigenvalue weighted by Crippen LogP contribution is -2.13. The van der Waals surface area contributed by atoms with Gasteiger partial charge in [-0.3, -0.25) is 4.72 Å². The number of nitrogens with zero attached hydrogens (tertiary/aromatic N) is 1. The molecule has 1 aliphatic heterocycles. The van der Waals surface area contributed by atoms with E-state index in [0.29, 0.717) is 11.5 Å². The molecule has 0 bridgehead atoms. The molecule has 1 aliphatic rings. The van der Waals surface area contributed by atoms with Crippen LogP contribution in [0.25, 0.3) is 0 Å². The minimum atomic E-state index is -3.79. The maximum Gasteiger partial charge on any atom is 0.263 e. The van der Waals surface area contributed by atoms with Gasteiger partial charge in [-0.05, 0) is 42.3 Å². The number of fused-ring (bicyclic) bond motifs is 1. The van der Waals surface area contributed by atoms with Crippen molar-refractivity contribution in [2.24, 2.45) is 0 Å². The Balaban J connectivity index is 1.49. The molecule has 2 N–H and O–H groups in total. The number of aromatic nitrogens is 1. The average molecular weight is 397 g/mol. The van der Waals surface area contributed by atoms with Crippen LogP contribution in [-0.2, 0) is 16.4 Å². The van der Waals surface area contributed by atoms with Gasteiger partial charge in [0, 0.05) is 11.8 Å². The van der Waals surface area contributed by atoms with Crippen molar-refractivity contribution >= 4 is 27.2 Å². The molecular formula is C20H19N3O4S. The lowest BCUT2D eigenvalue weighted by atomic mass is 10.1. The Hall–Kier alpha value is -3.26. The monoisotopic (exact) mass is 397 g/mol. The fraction of sp³-hybridized carbons (Fsp3) is 0.150. The number of pyridine rings is 1. The van der Waals surface area contributed by atoms with Gasteiger partial charge in [-0.15, -0.1) is 0 Å². The predicted octanol–water partition coefficient (Wildman–Crippen LogP) is 3.92. The largest absolute Gasteiger partial charge is 0.454 e. The Morgan fingerprint density at radius 1 is 1.04 bits per heavy atom. The van der Waals surface area contributed by atoms with Gasteiger partial charge in [0.2, 0.25) is 6.79 Å². The maximum atomic E-state index is 12.6. The van der Waals surface area contributed by atoms with Crippen LogP contribution in [-0.4, -0.2) is 20.2 Å². The first-order valence-electron chi connectivity index (χ1n) is 8.78. The molecule has 3 aromatic rings. The standard InChI is InChI=1S/C20H19N3O4S/c1-2-14-5-3-4-6-17(14)22-15-7-10-20(21-12-15)23-28(24,25)16-8-9-18-19(11-16)27-13-26-18/h3-12,22H,2,13H2,1H3,(H,21,23). The van der Waals surface area contributed by atoms with E-state index in [1.165, 1.54) is 17.7 Å². The number of hydrogen-bond acceptors (Lipinski definition) is 6. The third-order valence-corrected chi connectivity index (χ3v) is 5.69. The highest BCUT2D eigenvalue weighted by molar-refractivity contribution is 7.92. The molecular weight excluding hydrogens is 378 g/mol. The van der Waals surface area contributed by atoms with E-state index in [0.717, 1.165) is 17.8 Å². The Morgan fingerprint density at radius 3 is 2.64 bits per heavy atom. The van der Waals surface area contributed by atoms with Gasteiger partial charge >= 0.3 is 0 Å². The predicted molar refractivity (Wildman–Crippen MR) is 107 cm³/mol. The molecule has 0 fully saturated rings. The fourth-order valence-electron chi connectivity index (χ4n) is 2.87. The van der Waals surface area contributed by atoms with Gasteiger partial charge in [0.25, 0.3) is 10.0 Å². The fourth-order valence-corrected chi connectivity index (χ4v) is 3.90. The molecule has 0 unspecified atom stereocenters. The Bertz CT molecular complexity index is 1100. The van der Waals surface area contributed by atoms with Crippen molar-refractivity contribution in [2.75, 3.05) is 16.8 Å². The van der Waals surface area contributed by atoms with Crippen molar-refractivity contribution in [3.05, 3.63) is 66.4 Å². The first-order valence-corrected chi connectivity index (χ1v) is 10.3. The Labute approximate surface area is 163 Å². The molecule has 0 aliphatic carbocycles. The summed E-state index contributed by atoms with van der Waals surface area (Å²) in [6, 6.07) is 15.9. The second-order valence-corrected chi connectivity index (χ2v) is 7.87. The van der Waals surface area contributed by atoms with Crippen LogP contribution in [0.3, 0.4) is 0 Å². The van der Waals surface area contributed by atoms with Crippen LogP contribution in [0, 0.1) is 0 Å². The van der Waals surface area contributed by atoms with Gasteiger partial charge in [-0.25, -0.2) is 13.4 Å². The maximum absolute atomic E-state index is 12.6. The molecule has 0 saturated heterocycles. The Morgan fingerprint density at radius 2 is 1.86 bits per heavy atom. The van der Waals surface area contributed by atoms with Gasteiger partial charge in [0.1, 0.15) is 5.82 Å². The number of rotatable bonds is 6. The van der Waals surface area contributed by atoms with Crippen LogP contribution < -0.4 is 19.5 Å². The van der Waals surface area contributed by atoms with E-state index in [2.05, 4.69) is 28.0 Å². The van der Waals surface area contributed by atoms with Crippen molar-refractivity contribution in [2.45, 2.75) is 18.2 Å². The molecule has 4 rings (SSSR count). The van der Waals surface area contributed by atoms with E-state index >= 15 is 0 Å². The molecule has 8 heteroatoms. The second-order valence-electron chi connectivity index (χ2n) is 6.19. The zero-order chi connectivity index (χ0) is 19.6. The number of anilines is 3. The van der Waals surface area contributed by atoms with E-state index in [4.69, 9.17) is 9.47 Å². The van der Waals surface area contributed by atoms with Crippen LogP contribution in [0.2, 0.25) is 0 Å². The minimum Gasteiger partial charge on any atom is -0.454 e. The lowest BCUT2D eigenvalue weighted by molar-refractivity contribution is 0.174. The third-order valence-electron chi connectivity index (χ3n) is 4.33. The minimum absolute atomic E-state index is 0.0811. The van der Waals surface area contributed by atoms with E-state index < -0.39 is 10.0 Å². The van der Waals surface area contributed by atoms with Crippen molar-refractivity contribution in [1.82, 2.24) is 4.98 Å². The lowest BCUT2D eigenvalue weighted by Gasteiger charge is -2.12. The summed E-state index contributed by atoms with van der Waals surface area (Å²) < 4.78 is 38.1. The Kier molecular flexibility index (Phi) is 4.79. The topological polar surface area (TPSA) is 89.5 Å².